The molecule has 0 heterocycles. The highest BCUT2D eigenvalue weighted by Gasteiger charge is 2.56. The van der Waals surface area contributed by atoms with Crippen LogP contribution in [0, 0.1) is 0 Å². The molecule has 0 spiro atoms. The molecule has 0 saturated heterocycles. The summed E-state index contributed by atoms with van der Waals surface area (Å²) < 4.78 is 101. The molecule has 0 radical (unpaired) electrons. The lowest BCUT2D eigenvalue weighted by Crippen LogP contribution is -2.36. The van der Waals surface area contributed by atoms with E-state index in [0.29, 0.717) is 19.3 Å². The van der Waals surface area contributed by atoms with Crippen LogP contribution in [-0.4, -0.2) is 24.2 Å². The van der Waals surface area contributed by atoms with Crippen LogP contribution in [0.5, 0.6) is 0 Å². The van der Waals surface area contributed by atoms with E-state index in [4.69, 9.17) is 0 Å². The number of halogens is 8. The van der Waals surface area contributed by atoms with E-state index in [0.717, 1.165) is 0 Å². The highest BCUT2D eigenvalue weighted by Crippen LogP contribution is 2.39. The molecule has 0 unspecified atom stereocenters. The number of unbranched alkanes of at least 4 members (excludes halogenated alkanes) is 2. The summed E-state index contributed by atoms with van der Waals surface area (Å²) >= 11 is 0. The Morgan fingerprint density at radius 3 is 1.65 bits per heavy atom. The summed E-state index contributed by atoms with van der Waals surface area (Å²) in [6, 6.07) is 0. The standard InChI is InChI=1S/C15H24F8/c1-2-7-12(16)8-3-4-9-13(17,18)10-5-6-11-14(19,20)15(21,22)23/h12H,2-11H2,1H3/t12-/m1/s1. The number of rotatable bonds is 12. The van der Waals surface area contributed by atoms with Gasteiger partial charge in [0, 0.05) is 19.3 Å². The first kappa shape index (κ1) is 22.4. The molecular formula is C15H24F8. The average molecular weight is 356 g/mol. The zero-order valence-electron chi connectivity index (χ0n) is 13.2. The zero-order valence-corrected chi connectivity index (χ0v) is 13.2. The fraction of sp³-hybridized carbons (Fsp3) is 1.00. The van der Waals surface area contributed by atoms with Crippen LogP contribution >= 0.6 is 0 Å². The minimum atomic E-state index is -5.64. The van der Waals surface area contributed by atoms with Crippen molar-refractivity contribution >= 4 is 0 Å². The molecule has 0 nitrogen and oxygen atoms in total. The van der Waals surface area contributed by atoms with Crippen molar-refractivity contribution in [1.82, 2.24) is 0 Å². The summed E-state index contributed by atoms with van der Waals surface area (Å²) in [4.78, 5) is 0. The van der Waals surface area contributed by atoms with E-state index in [1.165, 1.54) is 0 Å². The Bertz CT molecular complexity index is 311. The van der Waals surface area contributed by atoms with E-state index in [2.05, 4.69) is 0 Å². The number of hydrogen-bond donors (Lipinski definition) is 0. The van der Waals surface area contributed by atoms with Crippen molar-refractivity contribution in [2.75, 3.05) is 0 Å². The summed E-state index contributed by atoms with van der Waals surface area (Å²) in [6.07, 6.45) is -8.67. The van der Waals surface area contributed by atoms with Crippen molar-refractivity contribution in [3.8, 4) is 0 Å². The van der Waals surface area contributed by atoms with E-state index in [9.17, 15) is 35.1 Å². The highest BCUT2D eigenvalue weighted by atomic mass is 19.4. The van der Waals surface area contributed by atoms with Gasteiger partial charge in [-0.15, -0.1) is 0 Å². The molecule has 0 aromatic carbocycles. The van der Waals surface area contributed by atoms with Crippen molar-refractivity contribution < 1.29 is 35.1 Å². The smallest absolute Gasteiger partial charge is 0.247 e. The summed E-state index contributed by atoms with van der Waals surface area (Å²) in [5.74, 6) is -7.94. The molecule has 0 N–H and O–H groups in total. The lowest BCUT2D eigenvalue weighted by molar-refractivity contribution is -0.284. The SMILES string of the molecule is CCC[C@@H](F)CCCCC(F)(F)CCCCC(F)(F)C(F)(F)F. The first-order valence-electron chi connectivity index (χ1n) is 7.88. The van der Waals surface area contributed by atoms with E-state index in [1.54, 1.807) is 0 Å². The largest absolute Gasteiger partial charge is 0.453 e. The lowest BCUT2D eigenvalue weighted by Gasteiger charge is -2.20. The quantitative estimate of drug-likeness (QED) is 0.259. The molecule has 0 aromatic heterocycles. The van der Waals surface area contributed by atoms with Crippen LogP contribution in [0.1, 0.15) is 71.1 Å². The lowest BCUT2D eigenvalue weighted by atomic mass is 10.0. The van der Waals surface area contributed by atoms with Crippen LogP contribution in [0.15, 0.2) is 0 Å². The summed E-state index contributed by atoms with van der Waals surface area (Å²) in [5.41, 5.74) is 0. The van der Waals surface area contributed by atoms with Gasteiger partial charge in [-0.05, 0) is 32.1 Å². The average Bonchev–Trinajstić information content (AvgIpc) is 2.39. The van der Waals surface area contributed by atoms with Crippen LogP contribution in [-0.2, 0) is 0 Å². The molecule has 0 amide bonds. The molecule has 0 saturated carbocycles. The third-order valence-electron chi connectivity index (χ3n) is 3.61. The first-order valence-corrected chi connectivity index (χ1v) is 7.88. The van der Waals surface area contributed by atoms with Crippen molar-refractivity contribution in [3.05, 3.63) is 0 Å². The number of hydrogen-bond acceptors (Lipinski definition) is 0. The maximum Gasteiger partial charge on any atom is 0.453 e. The molecule has 140 valence electrons. The maximum absolute atomic E-state index is 13.4. The molecule has 0 aliphatic heterocycles. The van der Waals surface area contributed by atoms with Gasteiger partial charge in [-0.25, -0.2) is 13.2 Å². The van der Waals surface area contributed by atoms with E-state index in [1.807, 2.05) is 6.92 Å². The molecule has 0 aliphatic rings. The van der Waals surface area contributed by atoms with Crippen LogP contribution < -0.4 is 0 Å². The molecule has 0 fully saturated rings. The van der Waals surface area contributed by atoms with Crippen LogP contribution in [0.2, 0.25) is 0 Å². The second-order valence-electron chi connectivity index (χ2n) is 5.90. The van der Waals surface area contributed by atoms with Crippen molar-refractivity contribution in [1.29, 1.82) is 0 Å². The van der Waals surface area contributed by atoms with Gasteiger partial charge in [-0.3, -0.25) is 0 Å². The highest BCUT2D eigenvalue weighted by molar-refractivity contribution is 4.76. The molecule has 1 atom stereocenters. The van der Waals surface area contributed by atoms with Gasteiger partial charge in [0.1, 0.15) is 6.17 Å². The van der Waals surface area contributed by atoms with Gasteiger partial charge in [0.2, 0.25) is 5.92 Å². The van der Waals surface area contributed by atoms with E-state index < -0.39 is 56.3 Å². The van der Waals surface area contributed by atoms with Gasteiger partial charge in [0.05, 0.1) is 0 Å². The minimum absolute atomic E-state index is 0.107. The van der Waals surface area contributed by atoms with Gasteiger partial charge in [-0.1, -0.05) is 19.8 Å². The van der Waals surface area contributed by atoms with Crippen LogP contribution in [0.25, 0.3) is 0 Å². The molecule has 0 aromatic rings. The normalized spacial score (nSPS) is 15.0. The zero-order chi connectivity index (χ0) is 18.1. The second kappa shape index (κ2) is 9.67. The Morgan fingerprint density at radius 1 is 0.696 bits per heavy atom. The summed E-state index contributed by atoms with van der Waals surface area (Å²) in [6.45, 7) is 1.82. The van der Waals surface area contributed by atoms with E-state index >= 15 is 0 Å². The molecule has 0 aliphatic carbocycles. The third-order valence-corrected chi connectivity index (χ3v) is 3.61. The van der Waals surface area contributed by atoms with Gasteiger partial charge in [-0.2, -0.15) is 22.0 Å². The summed E-state index contributed by atoms with van der Waals surface area (Å²) in [7, 11) is 0. The van der Waals surface area contributed by atoms with E-state index in [-0.39, 0.29) is 12.8 Å². The molecular weight excluding hydrogens is 332 g/mol. The second-order valence-corrected chi connectivity index (χ2v) is 5.90. The first-order chi connectivity index (χ1) is 10.4. The Morgan fingerprint density at radius 2 is 1.17 bits per heavy atom. The van der Waals surface area contributed by atoms with Gasteiger partial charge >= 0.3 is 12.1 Å². The Hall–Kier alpha value is -0.560. The predicted octanol–water partition coefficient (Wildman–Crippen LogP) is 7.08. The Labute approximate surface area is 131 Å². The van der Waals surface area contributed by atoms with Gasteiger partial charge in [0.25, 0.3) is 0 Å². The molecule has 0 rings (SSSR count). The monoisotopic (exact) mass is 356 g/mol. The summed E-state index contributed by atoms with van der Waals surface area (Å²) in [5, 5.41) is 0. The molecule has 23 heavy (non-hydrogen) atoms. The topological polar surface area (TPSA) is 0 Å². The van der Waals surface area contributed by atoms with Crippen molar-refractivity contribution in [2.24, 2.45) is 0 Å². The van der Waals surface area contributed by atoms with Crippen molar-refractivity contribution in [3.63, 3.8) is 0 Å². The number of alkyl halides is 8. The Kier molecular flexibility index (Phi) is 9.43. The minimum Gasteiger partial charge on any atom is -0.247 e. The maximum atomic E-state index is 13.4. The van der Waals surface area contributed by atoms with Crippen LogP contribution in [0.4, 0.5) is 35.1 Å². The fourth-order valence-corrected chi connectivity index (χ4v) is 2.20. The van der Waals surface area contributed by atoms with Gasteiger partial charge in [0.15, 0.2) is 0 Å². The third kappa shape index (κ3) is 10.0. The fourth-order valence-electron chi connectivity index (χ4n) is 2.20. The molecule has 8 heteroatoms. The van der Waals surface area contributed by atoms with Crippen molar-refractivity contribution in [2.45, 2.75) is 95.3 Å². The predicted molar refractivity (Wildman–Crippen MR) is 72.7 cm³/mol. The van der Waals surface area contributed by atoms with Crippen LogP contribution in [0.3, 0.4) is 0 Å². The van der Waals surface area contributed by atoms with Gasteiger partial charge < -0.3 is 0 Å². The Balaban J connectivity index is 3.88. The molecule has 0 bridgehead atoms.